The highest BCUT2D eigenvalue weighted by molar-refractivity contribution is 7.90. The first kappa shape index (κ1) is 9.27. The lowest BCUT2D eigenvalue weighted by atomic mass is 10.6. The minimum Gasteiger partial charge on any atom is -0.617 e. The van der Waals surface area contributed by atoms with E-state index < -0.39 is 11.2 Å². The summed E-state index contributed by atoms with van der Waals surface area (Å²) in [4.78, 5) is 2.15. The van der Waals surface area contributed by atoms with Crippen LogP contribution in [-0.4, -0.2) is 41.6 Å². The van der Waals surface area contributed by atoms with Crippen LogP contribution in [0.3, 0.4) is 0 Å². The molecule has 0 aromatic heterocycles. The Kier molecular flexibility index (Phi) is 5.24. The number of nitrogens with zero attached hydrogens (tertiary/aromatic N) is 1. The molecule has 0 fully saturated rings. The van der Waals surface area contributed by atoms with Crippen molar-refractivity contribution >= 4 is 11.2 Å². The van der Waals surface area contributed by atoms with E-state index in [2.05, 4.69) is 11.8 Å². The summed E-state index contributed by atoms with van der Waals surface area (Å²) in [6.45, 7) is 4.08. The van der Waals surface area contributed by atoms with Gasteiger partial charge in [-0.3, -0.25) is 0 Å². The Hall–Kier alpha value is 0.270. The summed E-state index contributed by atoms with van der Waals surface area (Å²) in [5.74, 6) is 0.796. The van der Waals surface area contributed by atoms with Gasteiger partial charge in [-0.05, 0) is 13.6 Å². The predicted octanol–water partition coefficient (Wildman–Crippen LogP) is 0.317. The molecule has 0 aliphatic rings. The average Bonchev–Trinajstić information content (AvgIpc) is 1.83. The van der Waals surface area contributed by atoms with Crippen molar-refractivity contribution in [3.63, 3.8) is 0 Å². The molecule has 0 bridgehead atoms. The van der Waals surface area contributed by atoms with E-state index in [-0.39, 0.29) is 0 Å². The van der Waals surface area contributed by atoms with Gasteiger partial charge in [0.2, 0.25) is 0 Å². The molecule has 1 unspecified atom stereocenters. The van der Waals surface area contributed by atoms with E-state index in [1.54, 1.807) is 6.26 Å². The van der Waals surface area contributed by atoms with Crippen molar-refractivity contribution in [2.24, 2.45) is 0 Å². The van der Waals surface area contributed by atoms with Gasteiger partial charge in [0.05, 0.1) is 6.26 Å². The first-order valence-corrected chi connectivity index (χ1v) is 4.88. The average molecular weight is 149 g/mol. The van der Waals surface area contributed by atoms with Crippen LogP contribution in [0.2, 0.25) is 0 Å². The highest BCUT2D eigenvalue weighted by Gasteiger charge is 1.98. The third-order valence-corrected chi connectivity index (χ3v) is 2.06. The van der Waals surface area contributed by atoms with Crippen LogP contribution in [0.1, 0.15) is 6.92 Å². The van der Waals surface area contributed by atoms with Gasteiger partial charge in [0.25, 0.3) is 0 Å². The molecule has 9 heavy (non-hydrogen) atoms. The Morgan fingerprint density at radius 1 is 1.56 bits per heavy atom. The first-order valence-electron chi connectivity index (χ1n) is 3.15. The van der Waals surface area contributed by atoms with Crippen LogP contribution in [0.15, 0.2) is 0 Å². The van der Waals surface area contributed by atoms with E-state index in [1.165, 1.54) is 0 Å². The lowest BCUT2D eigenvalue weighted by Gasteiger charge is -2.13. The summed E-state index contributed by atoms with van der Waals surface area (Å²) >= 11 is -0.629. The molecule has 0 spiro atoms. The second-order valence-corrected chi connectivity index (χ2v) is 3.73. The van der Waals surface area contributed by atoms with Crippen LogP contribution in [0.4, 0.5) is 0 Å². The molecule has 0 radical (unpaired) electrons. The summed E-state index contributed by atoms with van der Waals surface area (Å²) in [6, 6.07) is 0. The molecule has 1 atom stereocenters. The maximum atomic E-state index is 10.5. The van der Waals surface area contributed by atoms with Gasteiger partial charge in [0, 0.05) is 6.54 Å². The van der Waals surface area contributed by atoms with Crippen molar-refractivity contribution in [2.45, 2.75) is 6.92 Å². The summed E-state index contributed by atoms with van der Waals surface area (Å²) in [5.41, 5.74) is 0. The molecule has 0 rings (SSSR count). The molecule has 0 aromatic rings. The molecular weight excluding hydrogens is 134 g/mol. The van der Waals surface area contributed by atoms with Crippen LogP contribution < -0.4 is 0 Å². The van der Waals surface area contributed by atoms with Gasteiger partial charge in [-0.1, -0.05) is 18.1 Å². The fourth-order valence-electron chi connectivity index (χ4n) is 0.443. The van der Waals surface area contributed by atoms with E-state index in [4.69, 9.17) is 0 Å². The lowest BCUT2D eigenvalue weighted by Crippen LogP contribution is -2.24. The Bertz CT molecular complexity index is 68.1. The molecule has 0 N–H and O–H groups in total. The van der Waals surface area contributed by atoms with E-state index >= 15 is 0 Å². The number of hydrogen-bond acceptors (Lipinski definition) is 2. The molecule has 0 heterocycles. The highest BCUT2D eigenvalue weighted by atomic mass is 32.2. The minimum absolute atomic E-state index is 0.629. The smallest absolute Gasteiger partial charge is 0.117 e. The van der Waals surface area contributed by atoms with Gasteiger partial charge in [-0.2, -0.15) is 0 Å². The molecule has 56 valence electrons. The first-order chi connectivity index (χ1) is 4.16. The summed E-state index contributed by atoms with van der Waals surface area (Å²) in [7, 11) is 2.03. The molecule has 0 amide bonds. The standard InChI is InChI=1S/C6H15NOS/c1-4-7(2)5-6-9(3)8/h4-6H2,1-3H3. The zero-order valence-electron chi connectivity index (χ0n) is 6.39. The Labute approximate surface area is 60.4 Å². The van der Waals surface area contributed by atoms with Crippen LogP contribution in [0.25, 0.3) is 0 Å². The number of hydrogen-bond donors (Lipinski definition) is 0. The van der Waals surface area contributed by atoms with Crippen LogP contribution >= 0.6 is 0 Å². The largest absolute Gasteiger partial charge is 0.617 e. The fourth-order valence-corrected chi connectivity index (χ4v) is 1.01. The lowest BCUT2D eigenvalue weighted by molar-refractivity contribution is 0.374. The molecule has 0 aliphatic carbocycles. The van der Waals surface area contributed by atoms with Crippen LogP contribution in [0.5, 0.6) is 0 Å². The van der Waals surface area contributed by atoms with Crippen LogP contribution in [0, 0.1) is 0 Å². The Balaban J connectivity index is 3.06. The van der Waals surface area contributed by atoms with Gasteiger partial charge < -0.3 is 9.45 Å². The maximum Gasteiger partial charge on any atom is 0.117 e. The third-order valence-electron chi connectivity index (χ3n) is 1.30. The quantitative estimate of drug-likeness (QED) is 0.538. The van der Waals surface area contributed by atoms with Crippen molar-refractivity contribution in [3.8, 4) is 0 Å². The van der Waals surface area contributed by atoms with Crippen molar-refractivity contribution in [3.05, 3.63) is 0 Å². The summed E-state index contributed by atoms with van der Waals surface area (Å²) in [5, 5.41) is 0. The zero-order chi connectivity index (χ0) is 7.28. The SMILES string of the molecule is CCN(C)CC[S+](C)[O-]. The fraction of sp³-hybridized carbons (Fsp3) is 1.00. The van der Waals surface area contributed by atoms with E-state index in [0.29, 0.717) is 0 Å². The van der Waals surface area contributed by atoms with Crippen molar-refractivity contribution < 1.29 is 4.55 Å². The van der Waals surface area contributed by atoms with Crippen molar-refractivity contribution in [2.75, 3.05) is 32.1 Å². The van der Waals surface area contributed by atoms with E-state index in [1.807, 2.05) is 7.05 Å². The monoisotopic (exact) mass is 149 g/mol. The Morgan fingerprint density at radius 2 is 2.11 bits per heavy atom. The van der Waals surface area contributed by atoms with Gasteiger partial charge in [-0.25, -0.2) is 0 Å². The van der Waals surface area contributed by atoms with Gasteiger partial charge >= 0.3 is 0 Å². The summed E-state index contributed by atoms with van der Waals surface area (Å²) in [6.07, 6.45) is 1.74. The highest BCUT2D eigenvalue weighted by Crippen LogP contribution is 1.85. The predicted molar refractivity (Wildman–Crippen MR) is 42.1 cm³/mol. The molecule has 3 heteroatoms. The Morgan fingerprint density at radius 3 is 2.44 bits per heavy atom. The van der Waals surface area contributed by atoms with Crippen LogP contribution in [-0.2, 0) is 11.2 Å². The molecule has 0 saturated heterocycles. The molecular formula is C6H15NOS. The van der Waals surface area contributed by atoms with E-state index in [9.17, 15) is 4.55 Å². The molecule has 2 nitrogen and oxygen atoms in total. The topological polar surface area (TPSA) is 26.3 Å². The molecule has 0 saturated carbocycles. The van der Waals surface area contributed by atoms with E-state index in [0.717, 1.165) is 18.8 Å². The maximum absolute atomic E-state index is 10.5. The number of rotatable bonds is 4. The van der Waals surface area contributed by atoms with Gasteiger partial charge in [-0.15, -0.1) is 0 Å². The van der Waals surface area contributed by atoms with Crippen molar-refractivity contribution in [1.82, 2.24) is 4.90 Å². The van der Waals surface area contributed by atoms with Gasteiger partial charge in [0.15, 0.2) is 0 Å². The normalized spacial score (nSPS) is 14.3. The molecule has 0 aliphatic heterocycles. The summed E-state index contributed by atoms with van der Waals surface area (Å²) < 4.78 is 10.5. The second-order valence-electron chi connectivity index (χ2n) is 2.17. The molecule has 0 aromatic carbocycles. The second kappa shape index (κ2) is 5.09. The zero-order valence-corrected chi connectivity index (χ0v) is 7.20. The van der Waals surface area contributed by atoms with Crippen molar-refractivity contribution in [1.29, 1.82) is 0 Å². The van der Waals surface area contributed by atoms with Gasteiger partial charge in [0.1, 0.15) is 5.75 Å². The minimum atomic E-state index is -0.629. The third kappa shape index (κ3) is 6.15.